The van der Waals surface area contributed by atoms with Crippen LogP contribution in [0.2, 0.25) is 0 Å². The van der Waals surface area contributed by atoms with Crippen molar-refractivity contribution in [2.24, 2.45) is 47.3 Å². The summed E-state index contributed by atoms with van der Waals surface area (Å²) >= 11 is 0. The number of aliphatic hydroxyl groups is 1. The van der Waals surface area contributed by atoms with E-state index in [-0.39, 0.29) is 6.42 Å². The Kier molecular flexibility index (Phi) is 8.87. The molecule has 7 nitrogen and oxygen atoms in total. The second-order valence-corrected chi connectivity index (χ2v) is 21.8. The lowest BCUT2D eigenvalue weighted by molar-refractivity contribution is -0.263. The highest BCUT2D eigenvalue weighted by molar-refractivity contribution is 6.99. The van der Waals surface area contributed by atoms with E-state index in [1.54, 1.807) is 7.11 Å². The molecule has 0 aromatic heterocycles. The van der Waals surface area contributed by atoms with Gasteiger partial charge in [0.25, 0.3) is 0 Å². The smallest absolute Gasteiger partial charge is 0.344 e. The van der Waals surface area contributed by atoms with E-state index in [1.807, 2.05) is 6.07 Å². The van der Waals surface area contributed by atoms with E-state index >= 15 is 0 Å². The van der Waals surface area contributed by atoms with Gasteiger partial charge in [0.15, 0.2) is 12.9 Å². The quantitative estimate of drug-likeness (QED) is 0.110. The molecule has 12 rings (SSSR count). The van der Waals surface area contributed by atoms with Gasteiger partial charge in [0, 0.05) is 12.0 Å². The Hall–Kier alpha value is -3.46. The molecule has 2 atom stereocenters. The van der Waals surface area contributed by atoms with E-state index < -0.39 is 50.8 Å². The van der Waals surface area contributed by atoms with Gasteiger partial charge in [-0.05, 0) is 153 Å². The number of hydrogen-bond acceptors (Lipinski definition) is 7. The third kappa shape index (κ3) is 6.03. The number of rotatable bonds is 11. The summed E-state index contributed by atoms with van der Waals surface area (Å²) in [5.74, 6) is 3.17. The zero-order chi connectivity index (χ0) is 37.6. The maximum atomic E-state index is 14.5. The Balaban J connectivity index is 0.938. The van der Waals surface area contributed by atoms with Crippen LogP contribution in [-0.2, 0) is 23.8 Å². The van der Waals surface area contributed by atoms with Crippen LogP contribution < -0.4 is 20.3 Å². The molecule has 1 heterocycles. The van der Waals surface area contributed by atoms with Crippen molar-refractivity contribution in [1.82, 2.24) is 0 Å². The molecule has 0 saturated heterocycles. The van der Waals surface area contributed by atoms with E-state index in [0.717, 1.165) is 80.2 Å². The van der Waals surface area contributed by atoms with Gasteiger partial charge in [0.2, 0.25) is 0 Å². The average molecular weight is 761 g/mol. The minimum absolute atomic E-state index is 0.000379. The Morgan fingerprint density at radius 3 is 1.76 bits per heavy atom. The van der Waals surface area contributed by atoms with Crippen LogP contribution in [0.4, 0.5) is 0 Å². The second kappa shape index (κ2) is 13.6. The summed E-state index contributed by atoms with van der Waals surface area (Å²) in [6, 6.07) is 23.5. The first-order valence-corrected chi connectivity index (χ1v) is 22.9. The van der Waals surface area contributed by atoms with E-state index in [2.05, 4.69) is 74.5 Å². The summed E-state index contributed by atoms with van der Waals surface area (Å²) in [5.41, 5.74) is 2.24. The summed E-state index contributed by atoms with van der Waals surface area (Å²) in [6.07, 6.45) is 10.5. The molecule has 8 saturated carbocycles. The largest absolute Gasteiger partial charge is 0.496 e. The molecule has 8 aliphatic carbocycles. The number of carbonyl (C=O) groups is 2. The van der Waals surface area contributed by atoms with Crippen molar-refractivity contribution in [3.63, 3.8) is 0 Å². The van der Waals surface area contributed by atoms with Crippen molar-refractivity contribution >= 4 is 36.3 Å². The zero-order valence-corrected chi connectivity index (χ0v) is 33.7. The zero-order valence-electron chi connectivity index (χ0n) is 32.6. The van der Waals surface area contributed by atoms with Gasteiger partial charge >= 0.3 is 11.9 Å². The lowest BCUT2D eigenvalue weighted by atomic mass is 9.50. The van der Waals surface area contributed by atoms with E-state index in [1.165, 1.54) is 34.3 Å². The third-order valence-electron chi connectivity index (χ3n) is 16.1. The van der Waals surface area contributed by atoms with Gasteiger partial charge in [-0.25, -0.2) is 4.79 Å². The van der Waals surface area contributed by atoms with E-state index in [4.69, 9.17) is 18.9 Å². The molecule has 9 aliphatic rings. The standard InChI is InChI=1S/C47H56O7Si/c1-46(31-16-27-14-28(18-31)19-32(46)17-27)53-43(48)25-39(45(50)52-26-44(49)54-47(2)33-20-29-15-30(22-33)23-34(47)21-29)38-24-35(12-13-40(38)51-3)55-41-10-6-4-8-36(41)37-9-5-7-11-42(37)55/h4-13,24,27-34,39,43,48,55H,14-23,25-26H2,1-3H3. The van der Waals surface area contributed by atoms with Crippen LogP contribution in [0.15, 0.2) is 66.7 Å². The van der Waals surface area contributed by atoms with Crippen molar-refractivity contribution in [2.75, 3.05) is 13.7 Å². The van der Waals surface area contributed by atoms with Crippen LogP contribution >= 0.6 is 0 Å². The first kappa shape index (κ1) is 35.9. The van der Waals surface area contributed by atoms with Gasteiger partial charge in [-0.1, -0.05) is 65.9 Å². The minimum atomic E-state index is -1.91. The van der Waals surface area contributed by atoms with Gasteiger partial charge in [0.1, 0.15) is 20.1 Å². The highest BCUT2D eigenvalue weighted by Gasteiger charge is 2.58. The van der Waals surface area contributed by atoms with Gasteiger partial charge in [-0.2, -0.15) is 0 Å². The number of hydrogen-bond donors (Lipinski definition) is 1. The average Bonchev–Trinajstić information content (AvgIpc) is 3.51. The van der Waals surface area contributed by atoms with Gasteiger partial charge in [0.05, 0.1) is 18.6 Å². The van der Waals surface area contributed by atoms with Crippen LogP contribution in [0, 0.1) is 47.3 Å². The second-order valence-electron chi connectivity index (χ2n) is 19.0. The Morgan fingerprint density at radius 2 is 1.24 bits per heavy atom. The van der Waals surface area contributed by atoms with Gasteiger partial charge in [-0.3, -0.25) is 4.79 Å². The molecular weight excluding hydrogens is 705 g/mol. The number of aliphatic hydroxyl groups excluding tert-OH is 1. The molecule has 8 fully saturated rings. The number of esters is 2. The molecule has 2 unspecified atom stereocenters. The molecule has 0 radical (unpaired) electrons. The fourth-order valence-electron chi connectivity index (χ4n) is 13.7. The van der Waals surface area contributed by atoms with Crippen LogP contribution in [-0.4, -0.2) is 57.1 Å². The first-order chi connectivity index (χ1) is 26.6. The molecule has 290 valence electrons. The molecule has 0 amide bonds. The van der Waals surface area contributed by atoms with Crippen molar-refractivity contribution in [3.8, 4) is 16.9 Å². The van der Waals surface area contributed by atoms with Crippen molar-refractivity contribution < 1.29 is 33.6 Å². The fraction of sp³-hybridized carbons (Fsp3) is 0.574. The summed E-state index contributed by atoms with van der Waals surface area (Å²) in [4.78, 5) is 28.0. The maximum Gasteiger partial charge on any atom is 0.344 e. The number of benzene rings is 3. The summed E-state index contributed by atoms with van der Waals surface area (Å²) in [7, 11) is -0.294. The van der Waals surface area contributed by atoms with Crippen molar-refractivity contribution in [1.29, 1.82) is 0 Å². The van der Waals surface area contributed by atoms with Crippen LogP contribution in [0.1, 0.15) is 96.0 Å². The number of methoxy groups -OCH3 is 1. The third-order valence-corrected chi connectivity index (χ3v) is 19.4. The van der Waals surface area contributed by atoms with Crippen LogP contribution in [0.25, 0.3) is 11.1 Å². The number of fused-ring (bicyclic) bond motifs is 3. The molecule has 0 spiro atoms. The normalized spacial score (nSPS) is 35.9. The molecule has 3 aromatic rings. The molecule has 3 aromatic carbocycles. The topological polar surface area (TPSA) is 91.3 Å². The number of carbonyl (C=O) groups excluding carboxylic acids is 2. The Morgan fingerprint density at radius 1 is 0.727 bits per heavy atom. The summed E-state index contributed by atoms with van der Waals surface area (Å²) < 4.78 is 24.9. The van der Waals surface area contributed by atoms with Crippen molar-refractivity contribution in [3.05, 3.63) is 72.3 Å². The predicted octanol–water partition coefficient (Wildman–Crippen LogP) is 6.25. The summed E-state index contributed by atoms with van der Waals surface area (Å²) in [5, 5.41) is 15.7. The maximum absolute atomic E-state index is 14.5. The Labute approximate surface area is 327 Å². The SMILES string of the molecule is COc1ccc([SiH]2c3ccccc3-c3ccccc32)cc1C(CC(O)OC1(C)C2CC3CC(C2)CC1C3)C(=O)OCC(=O)OC1(C)C2CC3CC(C2)CC1C3. The van der Waals surface area contributed by atoms with E-state index in [0.29, 0.717) is 35.0 Å². The predicted molar refractivity (Wildman–Crippen MR) is 213 cm³/mol. The van der Waals surface area contributed by atoms with Crippen LogP contribution in [0.5, 0.6) is 5.75 Å². The minimum Gasteiger partial charge on any atom is -0.496 e. The lowest BCUT2D eigenvalue weighted by Gasteiger charge is -2.60. The summed E-state index contributed by atoms with van der Waals surface area (Å²) in [6.45, 7) is 3.85. The molecule has 55 heavy (non-hydrogen) atoms. The van der Waals surface area contributed by atoms with Gasteiger partial charge < -0.3 is 24.1 Å². The van der Waals surface area contributed by atoms with Crippen molar-refractivity contribution in [2.45, 2.75) is 108 Å². The molecule has 1 N–H and O–H groups in total. The molecule has 8 heteroatoms. The molecule has 1 aliphatic heterocycles. The molecule has 8 bridgehead atoms. The lowest BCUT2D eigenvalue weighted by Crippen LogP contribution is -2.58. The highest BCUT2D eigenvalue weighted by Crippen LogP contribution is 2.61. The van der Waals surface area contributed by atoms with Gasteiger partial charge in [-0.15, -0.1) is 0 Å². The van der Waals surface area contributed by atoms with E-state index in [9.17, 15) is 14.7 Å². The monoisotopic (exact) mass is 760 g/mol. The first-order valence-electron chi connectivity index (χ1n) is 21.2. The highest BCUT2D eigenvalue weighted by atomic mass is 28.3. The van der Waals surface area contributed by atoms with Crippen LogP contribution in [0.3, 0.4) is 0 Å². The fourth-order valence-corrected chi connectivity index (χ4v) is 17.1. The molecular formula is C47H56O7Si. The Bertz CT molecular complexity index is 1890. The number of ether oxygens (including phenoxy) is 4.